The first-order chi connectivity index (χ1) is 10.0. The van der Waals surface area contributed by atoms with Gasteiger partial charge in [0.2, 0.25) is 5.91 Å². The minimum atomic E-state index is -0.0888. The van der Waals surface area contributed by atoms with Crippen molar-refractivity contribution in [3.8, 4) is 5.75 Å². The molecule has 0 spiro atoms. The van der Waals surface area contributed by atoms with E-state index >= 15 is 0 Å². The van der Waals surface area contributed by atoms with E-state index < -0.39 is 0 Å². The van der Waals surface area contributed by atoms with Crippen molar-refractivity contribution in [2.75, 3.05) is 19.7 Å². The number of aliphatic hydroxyl groups excluding tert-OH is 1. The van der Waals surface area contributed by atoms with Gasteiger partial charge >= 0.3 is 0 Å². The standard InChI is InChI=1S/C16H22ClNO3/c1-11-8-15(20)13(10-14(11)17)9-12-2-5-18(6-3-12)16(21)4-7-19/h8,10,12,19-20H,2-7,9H2,1H3. The summed E-state index contributed by atoms with van der Waals surface area (Å²) in [6.45, 7) is 3.24. The smallest absolute Gasteiger partial charge is 0.224 e. The van der Waals surface area contributed by atoms with E-state index in [1.54, 1.807) is 6.07 Å². The van der Waals surface area contributed by atoms with Crippen LogP contribution in [0.4, 0.5) is 0 Å². The molecule has 116 valence electrons. The van der Waals surface area contributed by atoms with Crippen LogP contribution in [0.1, 0.15) is 30.4 Å². The van der Waals surface area contributed by atoms with Crippen molar-refractivity contribution in [1.29, 1.82) is 0 Å². The highest BCUT2D eigenvalue weighted by atomic mass is 35.5. The zero-order valence-corrected chi connectivity index (χ0v) is 13.1. The Labute approximate surface area is 130 Å². The van der Waals surface area contributed by atoms with Gasteiger partial charge < -0.3 is 15.1 Å². The van der Waals surface area contributed by atoms with E-state index in [0.29, 0.717) is 16.7 Å². The van der Waals surface area contributed by atoms with Gasteiger partial charge in [-0.3, -0.25) is 4.79 Å². The third kappa shape index (κ3) is 4.11. The molecule has 0 saturated carbocycles. The summed E-state index contributed by atoms with van der Waals surface area (Å²) >= 11 is 6.12. The molecule has 0 unspecified atom stereocenters. The summed E-state index contributed by atoms with van der Waals surface area (Å²) in [5, 5.41) is 19.5. The van der Waals surface area contributed by atoms with E-state index in [9.17, 15) is 9.90 Å². The van der Waals surface area contributed by atoms with Crippen molar-refractivity contribution >= 4 is 17.5 Å². The van der Waals surface area contributed by atoms with Crippen LogP contribution in [0.2, 0.25) is 5.02 Å². The predicted octanol–water partition coefficient (Wildman–Crippen LogP) is 2.52. The molecular weight excluding hydrogens is 290 g/mol. The first-order valence-electron chi connectivity index (χ1n) is 7.38. The third-order valence-corrected chi connectivity index (χ3v) is 4.57. The van der Waals surface area contributed by atoms with Gasteiger partial charge in [-0.2, -0.15) is 0 Å². The molecule has 21 heavy (non-hydrogen) atoms. The van der Waals surface area contributed by atoms with Crippen molar-refractivity contribution in [3.05, 3.63) is 28.3 Å². The van der Waals surface area contributed by atoms with Crippen molar-refractivity contribution in [1.82, 2.24) is 4.90 Å². The lowest BCUT2D eigenvalue weighted by atomic mass is 9.89. The lowest BCUT2D eigenvalue weighted by Gasteiger charge is -2.32. The van der Waals surface area contributed by atoms with Gasteiger partial charge in [-0.05, 0) is 55.4 Å². The van der Waals surface area contributed by atoms with Gasteiger partial charge in [0, 0.05) is 24.5 Å². The van der Waals surface area contributed by atoms with Gasteiger partial charge in [0.25, 0.3) is 0 Å². The Morgan fingerprint density at radius 1 is 1.38 bits per heavy atom. The van der Waals surface area contributed by atoms with Gasteiger partial charge in [-0.1, -0.05) is 11.6 Å². The van der Waals surface area contributed by atoms with Crippen LogP contribution in [-0.2, 0) is 11.2 Å². The molecule has 1 saturated heterocycles. The third-order valence-electron chi connectivity index (χ3n) is 4.16. The van der Waals surface area contributed by atoms with Gasteiger partial charge in [0.15, 0.2) is 0 Å². The van der Waals surface area contributed by atoms with Crippen LogP contribution in [0, 0.1) is 12.8 Å². The minimum Gasteiger partial charge on any atom is -0.508 e. The zero-order chi connectivity index (χ0) is 15.4. The SMILES string of the molecule is Cc1cc(O)c(CC2CCN(C(=O)CCO)CC2)cc1Cl. The molecular formula is C16H22ClNO3. The lowest BCUT2D eigenvalue weighted by Crippen LogP contribution is -2.39. The highest BCUT2D eigenvalue weighted by Crippen LogP contribution is 2.30. The summed E-state index contributed by atoms with van der Waals surface area (Å²) in [5.41, 5.74) is 1.76. The zero-order valence-electron chi connectivity index (χ0n) is 12.3. The Bertz CT molecular complexity index is 510. The highest BCUT2D eigenvalue weighted by Gasteiger charge is 2.23. The average Bonchev–Trinajstić information content (AvgIpc) is 2.46. The number of halogens is 1. The second-order valence-corrected chi connectivity index (χ2v) is 6.14. The summed E-state index contributed by atoms with van der Waals surface area (Å²) in [6, 6.07) is 3.55. The number of phenols is 1. The number of aliphatic hydroxyl groups is 1. The molecule has 0 aromatic heterocycles. The number of aryl methyl sites for hydroxylation is 1. The van der Waals surface area contributed by atoms with E-state index in [-0.39, 0.29) is 18.9 Å². The molecule has 0 radical (unpaired) electrons. The number of amides is 1. The summed E-state index contributed by atoms with van der Waals surface area (Å²) in [5.74, 6) is 0.778. The fraction of sp³-hybridized carbons (Fsp3) is 0.562. The van der Waals surface area contributed by atoms with Crippen molar-refractivity contribution < 1.29 is 15.0 Å². The van der Waals surface area contributed by atoms with Crippen molar-refractivity contribution in [2.45, 2.75) is 32.6 Å². The molecule has 1 amide bonds. The Hall–Kier alpha value is -1.26. The van der Waals surface area contributed by atoms with Crippen molar-refractivity contribution in [2.24, 2.45) is 5.92 Å². The van der Waals surface area contributed by atoms with Crippen LogP contribution in [0.15, 0.2) is 12.1 Å². The van der Waals surface area contributed by atoms with E-state index in [1.165, 1.54) is 0 Å². The second kappa shape index (κ2) is 7.14. The molecule has 1 heterocycles. The average molecular weight is 312 g/mol. The van der Waals surface area contributed by atoms with E-state index in [4.69, 9.17) is 16.7 Å². The van der Waals surface area contributed by atoms with E-state index in [2.05, 4.69) is 0 Å². The number of benzene rings is 1. The predicted molar refractivity (Wildman–Crippen MR) is 82.6 cm³/mol. The Morgan fingerprint density at radius 3 is 2.67 bits per heavy atom. The highest BCUT2D eigenvalue weighted by molar-refractivity contribution is 6.31. The first-order valence-corrected chi connectivity index (χ1v) is 7.75. The number of nitrogens with zero attached hydrogens (tertiary/aromatic N) is 1. The van der Waals surface area contributed by atoms with Crippen LogP contribution in [0.25, 0.3) is 0 Å². The van der Waals surface area contributed by atoms with Gasteiger partial charge in [-0.15, -0.1) is 0 Å². The second-order valence-electron chi connectivity index (χ2n) is 5.73. The van der Waals surface area contributed by atoms with Crippen LogP contribution in [0.5, 0.6) is 5.75 Å². The molecule has 1 aromatic rings. The number of likely N-dealkylation sites (tertiary alicyclic amines) is 1. The quantitative estimate of drug-likeness (QED) is 0.898. The Morgan fingerprint density at radius 2 is 2.05 bits per heavy atom. The maximum atomic E-state index is 11.7. The fourth-order valence-corrected chi connectivity index (χ4v) is 3.01. The maximum Gasteiger partial charge on any atom is 0.224 e. The fourth-order valence-electron chi connectivity index (χ4n) is 2.82. The monoisotopic (exact) mass is 311 g/mol. The van der Waals surface area contributed by atoms with Crippen molar-refractivity contribution in [3.63, 3.8) is 0 Å². The Kier molecular flexibility index (Phi) is 5.48. The minimum absolute atomic E-state index is 0.0252. The topological polar surface area (TPSA) is 60.8 Å². The van der Waals surface area contributed by atoms with E-state index in [0.717, 1.165) is 43.5 Å². The number of aromatic hydroxyl groups is 1. The number of rotatable bonds is 4. The molecule has 0 bridgehead atoms. The van der Waals surface area contributed by atoms with Gasteiger partial charge in [0.1, 0.15) is 5.75 Å². The molecule has 1 aliphatic heterocycles. The first kappa shape index (κ1) is 16.1. The molecule has 1 aromatic carbocycles. The Balaban J connectivity index is 1.92. The number of hydrogen-bond acceptors (Lipinski definition) is 3. The summed E-state index contributed by atoms with van der Waals surface area (Å²) in [7, 11) is 0. The number of piperidine rings is 1. The molecule has 4 nitrogen and oxygen atoms in total. The van der Waals surface area contributed by atoms with Gasteiger partial charge in [-0.25, -0.2) is 0 Å². The number of carbonyl (C=O) groups excluding carboxylic acids is 1. The van der Waals surface area contributed by atoms with Crippen LogP contribution < -0.4 is 0 Å². The van der Waals surface area contributed by atoms with Crippen LogP contribution in [0.3, 0.4) is 0 Å². The summed E-state index contributed by atoms with van der Waals surface area (Å²) < 4.78 is 0. The number of carbonyl (C=O) groups is 1. The molecule has 0 atom stereocenters. The normalized spacial score (nSPS) is 16.2. The van der Waals surface area contributed by atoms with Gasteiger partial charge in [0.05, 0.1) is 6.61 Å². The number of phenolic OH excluding ortho intramolecular Hbond substituents is 1. The number of hydrogen-bond donors (Lipinski definition) is 2. The molecule has 1 fully saturated rings. The summed E-state index contributed by atoms with van der Waals surface area (Å²) in [6.07, 6.45) is 2.83. The largest absolute Gasteiger partial charge is 0.508 e. The molecule has 2 N–H and O–H groups in total. The lowest BCUT2D eigenvalue weighted by molar-refractivity contribution is -0.133. The molecule has 0 aliphatic carbocycles. The molecule has 1 aliphatic rings. The molecule has 5 heteroatoms. The molecule has 2 rings (SSSR count). The van der Waals surface area contributed by atoms with Crippen LogP contribution in [-0.4, -0.2) is 40.7 Å². The maximum absolute atomic E-state index is 11.7. The van der Waals surface area contributed by atoms with E-state index in [1.807, 2.05) is 17.9 Å². The summed E-state index contributed by atoms with van der Waals surface area (Å²) in [4.78, 5) is 13.5. The van der Waals surface area contributed by atoms with Crippen LogP contribution >= 0.6 is 11.6 Å².